The number of hydrogen-bond donors (Lipinski definition) is 2. The lowest BCUT2D eigenvalue weighted by molar-refractivity contribution is -0.138. The van der Waals surface area contributed by atoms with Gasteiger partial charge in [0.2, 0.25) is 0 Å². The first kappa shape index (κ1) is 10.9. The zero-order valence-electron chi connectivity index (χ0n) is 8.81. The molecule has 0 aromatic carbocycles. The summed E-state index contributed by atoms with van der Waals surface area (Å²) in [5.74, 6) is 0.107. The first-order valence-corrected chi connectivity index (χ1v) is 5.27. The van der Waals surface area contributed by atoms with E-state index in [2.05, 4.69) is 5.16 Å². The average Bonchev–Trinajstić information content (AvgIpc) is 2.65. The number of carboxylic acids is 1. The average molecular weight is 226 g/mol. The number of hydrogen-bond acceptors (Lipinski definition) is 4. The highest BCUT2D eigenvalue weighted by molar-refractivity contribution is 5.69. The molecule has 6 nitrogen and oxygen atoms in total. The third kappa shape index (κ3) is 2.52. The largest absolute Gasteiger partial charge is 0.480 e. The Labute approximate surface area is 91.8 Å². The molecular weight excluding hydrogens is 212 g/mol. The van der Waals surface area contributed by atoms with Gasteiger partial charge in [-0.15, -0.1) is 0 Å². The van der Waals surface area contributed by atoms with Crippen LogP contribution in [0, 0.1) is 0 Å². The van der Waals surface area contributed by atoms with E-state index in [1.165, 1.54) is 6.07 Å². The number of aromatic nitrogens is 1. The number of aromatic amines is 1. The van der Waals surface area contributed by atoms with Crippen molar-refractivity contribution < 1.29 is 14.4 Å². The van der Waals surface area contributed by atoms with Gasteiger partial charge in [-0.25, -0.2) is 0 Å². The van der Waals surface area contributed by atoms with Gasteiger partial charge in [0.05, 0.1) is 6.54 Å². The van der Waals surface area contributed by atoms with Gasteiger partial charge in [-0.05, 0) is 25.9 Å². The third-order valence-corrected chi connectivity index (χ3v) is 2.89. The van der Waals surface area contributed by atoms with Crippen molar-refractivity contribution in [3.63, 3.8) is 0 Å². The number of H-pyrrole nitrogens is 1. The number of carbonyl (C=O) groups is 1. The molecule has 1 saturated heterocycles. The van der Waals surface area contributed by atoms with Crippen molar-refractivity contribution in [2.75, 3.05) is 19.6 Å². The minimum atomic E-state index is -0.799. The van der Waals surface area contributed by atoms with Crippen LogP contribution >= 0.6 is 0 Å². The van der Waals surface area contributed by atoms with Crippen LogP contribution in [0.15, 0.2) is 15.4 Å². The molecule has 0 amide bonds. The van der Waals surface area contributed by atoms with Gasteiger partial charge in [0.25, 0.3) is 5.56 Å². The van der Waals surface area contributed by atoms with Crippen LogP contribution in [0.3, 0.4) is 0 Å². The van der Waals surface area contributed by atoms with Gasteiger partial charge >= 0.3 is 5.97 Å². The Hall–Kier alpha value is -1.56. The van der Waals surface area contributed by atoms with Crippen molar-refractivity contribution in [1.29, 1.82) is 0 Å². The summed E-state index contributed by atoms with van der Waals surface area (Å²) in [7, 11) is 0. The van der Waals surface area contributed by atoms with E-state index in [-0.39, 0.29) is 18.0 Å². The van der Waals surface area contributed by atoms with Gasteiger partial charge in [-0.2, -0.15) is 5.16 Å². The molecule has 1 fully saturated rings. The molecule has 1 aromatic heterocycles. The van der Waals surface area contributed by atoms with Crippen LogP contribution in [-0.4, -0.2) is 40.8 Å². The number of likely N-dealkylation sites (tertiary alicyclic amines) is 1. The lowest BCUT2D eigenvalue weighted by Crippen LogP contribution is -2.36. The second-order valence-electron chi connectivity index (χ2n) is 4.06. The van der Waals surface area contributed by atoms with Crippen LogP contribution in [-0.2, 0) is 4.79 Å². The summed E-state index contributed by atoms with van der Waals surface area (Å²) >= 11 is 0. The normalized spacial score (nSPS) is 18.8. The van der Waals surface area contributed by atoms with Crippen molar-refractivity contribution in [1.82, 2.24) is 10.1 Å². The molecule has 0 unspecified atom stereocenters. The quantitative estimate of drug-likeness (QED) is 0.770. The van der Waals surface area contributed by atoms with E-state index < -0.39 is 5.97 Å². The lowest BCUT2D eigenvalue weighted by Gasteiger charge is -2.29. The fraction of sp³-hybridized carbons (Fsp3) is 0.600. The van der Waals surface area contributed by atoms with E-state index >= 15 is 0 Å². The van der Waals surface area contributed by atoms with Gasteiger partial charge in [-0.1, -0.05) is 0 Å². The van der Waals surface area contributed by atoms with Crippen LogP contribution in [0.25, 0.3) is 0 Å². The van der Waals surface area contributed by atoms with Crippen LogP contribution < -0.4 is 5.56 Å². The van der Waals surface area contributed by atoms with Crippen LogP contribution in [0.1, 0.15) is 24.5 Å². The monoisotopic (exact) mass is 226 g/mol. The van der Waals surface area contributed by atoms with Gasteiger partial charge in [0.15, 0.2) is 0 Å². The standard InChI is InChI=1S/C10H14N2O4/c13-9-5-8(16-11-9)7-1-3-12(4-2-7)6-10(14)15/h5,7H,1-4,6H2,(H,11,13)(H,14,15). The lowest BCUT2D eigenvalue weighted by atomic mass is 9.94. The summed E-state index contributed by atoms with van der Waals surface area (Å²) < 4.78 is 5.05. The van der Waals surface area contributed by atoms with E-state index in [9.17, 15) is 9.59 Å². The SMILES string of the molecule is O=C(O)CN1CCC(c2cc(=O)[nH]o2)CC1. The summed E-state index contributed by atoms with van der Waals surface area (Å²) in [5, 5.41) is 10.9. The van der Waals surface area contributed by atoms with Crippen molar-refractivity contribution >= 4 is 5.97 Å². The molecule has 0 atom stereocenters. The molecule has 2 N–H and O–H groups in total. The molecule has 0 bridgehead atoms. The van der Waals surface area contributed by atoms with E-state index in [1.54, 1.807) is 0 Å². The maximum atomic E-state index is 10.9. The van der Waals surface area contributed by atoms with E-state index in [0.29, 0.717) is 5.76 Å². The molecule has 88 valence electrons. The van der Waals surface area contributed by atoms with Gasteiger partial charge in [0.1, 0.15) is 5.76 Å². The Morgan fingerprint density at radius 3 is 2.75 bits per heavy atom. The van der Waals surface area contributed by atoms with Gasteiger partial charge in [-0.3, -0.25) is 14.5 Å². The molecule has 2 heterocycles. The molecule has 1 aromatic rings. The number of nitrogens with zero attached hydrogens (tertiary/aromatic N) is 1. The summed E-state index contributed by atoms with van der Waals surface area (Å²) in [6.45, 7) is 1.54. The molecule has 16 heavy (non-hydrogen) atoms. The van der Waals surface area contributed by atoms with E-state index in [4.69, 9.17) is 9.63 Å². The Morgan fingerprint density at radius 2 is 2.25 bits per heavy atom. The highest BCUT2D eigenvalue weighted by Gasteiger charge is 2.24. The Balaban J connectivity index is 1.90. The number of rotatable bonds is 3. The third-order valence-electron chi connectivity index (χ3n) is 2.89. The minimum absolute atomic E-state index is 0.0871. The maximum absolute atomic E-state index is 10.9. The summed E-state index contributed by atoms with van der Waals surface area (Å²) in [6.07, 6.45) is 1.65. The smallest absolute Gasteiger partial charge is 0.317 e. The molecule has 2 rings (SSSR count). The Kier molecular flexibility index (Phi) is 3.09. The topological polar surface area (TPSA) is 86.5 Å². The van der Waals surface area contributed by atoms with Crippen molar-refractivity contribution in [3.8, 4) is 0 Å². The van der Waals surface area contributed by atoms with Gasteiger partial charge in [0, 0.05) is 12.0 Å². The molecule has 1 aliphatic heterocycles. The van der Waals surface area contributed by atoms with Crippen molar-refractivity contribution in [3.05, 3.63) is 22.2 Å². The number of carboxylic acid groups (broad SMARTS) is 1. The fourth-order valence-corrected chi connectivity index (χ4v) is 2.07. The molecule has 0 spiro atoms. The first-order valence-electron chi connectivity index (χ1n) is 5.27. The maximum Gasteiger partial charge on any atom is 0.317 e. The molecule has 6 heteroatoms. The minimum Gasteiger partial charge on any atom is -0.480 e. The predicted octanol–water partition coefficient (Wildman–Crippen LogP) is 0.232. The number of nitrogens with one attached hydrogen (secondary N) is 1. The van der Waals surface area contributed by atoms with Crippen LogP contribution in [0.4, 0.5) is 0 Å². The Morgan fingerprint density at radius 1 is 1.56 bits per heavy atom. The fourth-order valence-electron chi connectivity index (χ4n) is 2.07. The molecule has 1 aliphatic rings. The molecular formula is C10H14N2O4. The molecule has 0 aliphatic carbocycles. The Bertz CT molecular complexity index is 414. The van der Waals surface area contributed by atoms with E-state index in [1.807, 2.05) is 4.90 Å². The highest BCUT2D eigenvalue weighted by atomic mass is 16.5. The summed E-state index contributed by atoms with van der Waals surface area (Å²) in [4.78, 5) is 23.3. The zero-order valence-corrected chi connectivity index (χ0v) is 8.81. The van der Waals surface area contributed by atoms with Crippen LogP contribution in [0.2, 0.25) is 0 Å². The summed E-state index contributed by atoms with van der Waals surface area (Å²) in [5.41, 5.74) is -0.219. The predicted molar refractivity (Wildman–Crippen MR) is 55.4 cm³/mol. The highest BCUT2D eigenvalue weighted by Crippen LogP contribution is 2.26. The van der Waals surface area contributed by atoms with Crippen LogP contribution in [0.5, 0.6) is 0 Å². The molecule has 0 radical (unpaired) electrons. The van der Waals surface area contributed by atoms with Gasteiger partial charge < -0.3 is 9.63 Å². The van der Waals surface area contributed by atoms with Crippen molar-refractivity contribution in [2.24, 2.45) is 0 Å². The van der Waals surface area contributed by atoms with Crippen molar-refractivity contribution in [2.45, 2.75) is 18.8 Å². The second-order valence-corrected chi connectivity index (χ2v) is 4.06. The zero-order chi connectivity index (χ0) is 11.5. The summed E-state index contributed by atoms with van der Waals surface area (Å²) in [6, 6.07) is 1.47. The number of piperidine rings is 1. The first-order chi connectivity index (χ1) is 7.65. The second kappa shape index (κ2) is 4.52. The van der Waals surface area contributed by atoms with E-state index in [0.717, 1.165) is 25.9 Å². The molecule has 0 saturated carbocycles. The number of aliphatic carboxylic acids is 1.